The van der Waals surface area contributed by atoms with E-state index in [4.69, 9.17) is 28.9 Å². The Morgan fingerprint density at radius 1 is 1.35 bits per heavy atom. The van der Waals surface area contributed by atoms with Crippen LogP contribution in [0.15, 0.2) is 30.5 Å². The Morgan fingerprint density at radius 2 is 2.13 bits per heavy atom. The molecule has 0 aromatic carbocycles. The highest BCUT2D eigenvalue weighted by molar-refractivity contribution is 6.33. The van der Waals surface area contributed by atoms with E-state index < -0.39 is 0 Å². The number of hydrogen-bond acceptors (Lipinski definition) is 4. The minimum absolute atomic E-state index is 0.207. The van der Waals surface area contributed by atoms with E-state index in [1.807, 2.05) is 12.1 Å². The molecule has 0 spiro atoms. The quantitative estimate of drug-likeness (QED) is 0.829. The number of anilines is 1. The van der Waals surface area contributed by atoms with Gasteiger partial charge in [-0.1, -0.05) is 29.3 Å². The Bertz CT molecular complexity index is 747. The van der Waals surface area contributed by atoms with Crippen LogP contribution in [0.2, 0.25) is 10.2 Å². The van der Waals surface area contributed by atoms with Crippen LogP contribution in [0.3, 0.4) is 0 Å². The second-order valence-corrected chi connectivity index (χ2v) is 6.60. The molecule has 23 heavy (non-hydrogen) atoms. The molecule has 0 atom stereocenters. The van der Waals surface area contributed by atoms with E-state index in [2.05, 4.69) is 15.3 Å². The molecule has 0 aliphatic heterocycles. The van der Waals surface area contributed by atoms with Gasteiger partial charge in [-0.3, -0.25) is 4.79 Å². The van der Waals surface area contributed by atoms with Crippen molar-refractivity contribution in [3.63, 3.8) is 0 Å². The maximum absolute atomic E-state index is 12.5. The molecule has 2 aromatic heterocycles. The molecule has 3 rings (SSSR count). The van der Waals surface area contributed by atoms with E-state index in [-0.39, 0.29) is 22.3 Å². The van der Waals surface area contributed by atoms with Crippen LogP contribution in [-0.2, 0) is 6.42 Å². The van der Waals surface area contributed by atoms with Gasteiger partial charge in [0.1, 0.15) is 11.0 Å². The molecular formula is C16H16Cl2N4O. The number of nitrogens with two attached hydrogens (primary N) is 1. The minimum atomic E-state index is -0.289. The van der Waals surface area contributed by atoms with Gasteiger partial charge in [0.2, 0.25) is 0 Å². The van der Waals surface area contributed by atoms with Crippen molar-refractivity contribution in [2.45, 2.75) is 31.2 Å². The Hall–Kier alpha value is -1.85. The number of hydrogen-bond donors (Lipinski definition) is 2. The van der Waals surface area contributed by atoms with E-state index >= 15 is 0 Å². The number of carbonyl (C=O) groups is 1. The fourth-order valence-corrected chi connectivity index (χ4v) is 3.08. The zero-order chi connectivity index (χ0) is 16.4. The number of nitrogens with one attached hydrogen (secondary N) is 1. The predicted octanol–water partition coefficient (Wildman–Crippen LogP) is 3.26. The van der Waals surface area contributed by atoms with Crippen LogP contribution in [-0.4, -0.2) is 21.4 Å². The lowest BCUT2D eigenvalue weighted by Gasteiger charge is -2.42. The summed E-state index contributed by atoms with van der Waals surface area (Å²) >= 11 is 11.9. The van der Waals surface area contributed by atoms with Crippen molar-refractivity contribution in [1.29, 1.82) is 0 Å². The molecule has 1 amide bonds. The highest BCUT2D eigenvalue weighted by atomic mass is 35.5. The van der Waals surface area contributed by atoms with Crippen molar-refractivity contribution in [3.05, 3.63) is 51.9 Å². The molecule has 2 heterocycles. The predicted molar refractivity (Wildman–Crippen MR) is 90.7 cm³/mol. The van der Waals surface area contributed by atoms with Crippen molar-refractivity contribution >= 4 is 34.9 Å². The van der Waals surface area contributed by atoms with Gasteiger partial charge in [0.15, 0.2) is 0 Å². The van der Waals surface area contributed by atoms with Gasteiger partial charge in [0, 0.05) is 23.9 Å². The first-order valence-corrected chi connectivity index (χ1v) is 8.08. The summed E-state index contributed by atoms with van der Waals surface area (Å²) in [6, 6.07) is 7.05. The monoisotopic (exact) mass is 350 g/mol. The molecule has 0 unspecified atom stereocenters. The number of amides is 1. The lowest BCUT2D eigenvalue weighted by molar-refractivity contribution is 0.0825. The van der Waals surface area contributed by atoms with E-state index in [9.17, 15) is 4.79 Å². The van der Waals surface area contributed by atoms with E-state index in [1.165, 1.54) is 12.3 Å². The van der Waals surface area contributed by atoms with E-state index in [0.717, 1.165) is 25.0 Å². The molecule has 0 bridgehead atoms. The summed E-state index contributed by atoms with van der Waals surface area (Å²) in [6.07, 6.45) is 4.96. The third-order valence-electron chi connectivity index (χ3n) is 4.11. The molecule has 0 saturated heterocycles. The smallest absolute Gasteiger partial charge is 0.253 e. The summed E-state index contributed by atoms with van der Waals surface area (Å²) in [5, 5.41) is 3.83. The average Bonchev–Trinajstić information content (AvgIpc) is 2.47. The molecule has 1 saturated carbocycles. The van der Waals surface area contributed by atoms with Crippen LogP contribution in [0.4, 0.5) is 5.82 Å². The number of pyridine rings is 2. The summed E-state index contributed by atoms with van der Waals surface area (Å²) < 4.78 is 0. The van der Waals surface area contributed by atoms with Gasteiger partial charge < -0.3 is 11.1 Å². The van der Waals surface area contributed by atoms with Gasteiger partial charge in [-0.25, -0.2) is 9.97 Å². The van der Waals surface area contributed by atoms with Crippen molar-refractivity contribution in [1.82, 2.24) is 15.3 Å². The lowest BCUT2D eigenvalue weighted by atomic mass is 9.73. The number of nitrogen functional groups attached to an aromatic ring is 1. The largest absolute Gasteiger partial charge is 0.382 e. The lowest BCUT2D eigenvalue weighted by Crippen LogP contribution is -2.55. The molecule has 7 heteroatoms. The van der Waals surface area contributed by atoms with Crippen LogP contribution < -0.4 is 11.1 Å². The SMILES string of the molecule is Nc1ncc(C(=O)NC2(Cc3cccc(Cl)n3)CCC2)cc1Cl. The number of aromatic nitrogens is 2. The Labute approximate surface area is 144 Å². The molecule has 2 aromatic rings. The molecule has 1 fully saturated rings. The van der Waals surface area contributed by atoms with Crippen molar-refractivity contribution in [2.75, 3.05) is 5.73 Å². The Morgan fingerprint density at radius 3 is 2.74 bits per heavy atom. The summed E-state index contributed by atoms with van der Waals surface area (Å²) in [4.78, 5) is 20.7. The molecule has 0 radical (unpaired) electrons. The van der Waals surface area contributed by atoms with E-state index in [1.54, 1.807) is 6.07 Å². The summed E-state index contributed by atoms with van der Waals surface area (Å²) in [6.45, 7) is 0. The molecule has 120 valence electrons. The van der Waals surface area contributed by atoms with Crippen LogP contribution in [0.5, 0.6) is 0 Å². The molecule has 1 aliphatic rings. The van der Waals surface area contributed by atoms with Crippen LogP contribution in [0.1, 0.15) is 35.3 Å². The maximum atomic E-state index is 12.5. The van der Waals surface area contributed by atoms with Crippen molar-refractivity contribution in [3.8, 4) is 0 Å². The average molecular weight is 351 g/mol. The summed E-state index contributed by atoms with van der Waals surface area (Å²) in [5.41, 5.74) is 6.55. The third-order valence-corrected chi connectivity index (χ3v) is 4.63. The highest BCUT2D eigenvalue weighted by Gasteiger charge is 2.39. The fraction of sp³-hybridized carbons (Fsp3) is 0.312. The number of nitrogens with zero attached hydrogens (tertiary/aromatic N) is 2. The normalized spacial score (nSPS) is 15.7. The first-order valence-electron chi connectivity index (χ1n) is 7.32. The highest BCUT2D eigenvalue weighted by Crippen LogP contribution is 2.35. The maximum Gasteiger partial charge on any atom is 0.253 e. The number of rotatable bonds is 4. The van der Waals surface area contributed by atoms with Gasteiger partial charge in [-0.2, -0.15) is 0 Å². The first kappa shape index (κ1) is 16.0. The van der Waals surface area contributed by atoms with Crippen LogP contribution >= 0.6 is 23.2 Å². The van der Waals surface area contributed by atoms with Gasteiger partial charge in [-0.15, -0.1) is 0 Å². The van der Waals surface area contributed by atoms with Crippen molar-refractivity contribution < 1.29 is 4.79 Å². The van der Waals surface area contributed by atoms with Crippen LogP contribution in [0, 0.1) is 0 Å². The van der Waals surface area contributed by atoms with Gasteiger partial charge in [0.25, 0.3) is 5.91 Å². The van der Waals surface area contributed by atoms with Gasteiger partial charge in [0.05, 0.1) is 10.6 Å². The molecule has 3 N–H and O–H groups in total. The number of halogens is 2. The molecule has 1 aliphatic carbocycles. The molecular weight excluding hydrogens is 335 g/mol. The molecule has 5 nitrogen and oxygen atoms in total. The van der Waals surface area contributed by atoms with Crippen molar-refractivity contribution in [2.24, 2.45) is 0 Å². The second kappa shape index (κ2) is 6.34. The van der Waals surface area contributed by atoms with E-state index in [0.29, 0.717) is 17.1 Å². The summed E-state index contributed by atoms with van der Waals surface area (Å²) in [7, 11) is 0. The first-order chi connectivity index (χ1) is 11.0. The second-order valence-electron chi connectivity index (χ2n) is 5.81. The zero-order valence-electron chi connectivity index (χ0n) is 12.4. The van der Waals surface area contributed by atoms with Gasteiger partial charge in [-0.05, 0) is 37.5 Å². The standard InChI is InChI=1S/C16H16Cl2N4O/c17-12-7-10(9-20-14(12)19)15(23)22-16(5-2-6-16)8-11-3-1-4-13(18)21-11/h1,3-4,7,9H,2,5-6,8H2,(H2,19,20)(H,22,23). The Kier molecular flexibility index (Phi) is 4.41. The zero-order valence-corrected chi connectivity index (χ0v) is 13.9. The summed E-state index contributed by atoms with van der Waals surface area (Å²) in [5.74, 6) is 0.00540. The third kappa shape index (κ3) is 3.57. The van der Waals surface area contributed by atoms with Crippen LogP contribution in [0.25, 0.3) is 0 Å². The Balaban J connectivity index is 1.75. The fourth-order valence-electron chi connectivity index (χ4n) is 2.73. The minimum Gasteiger partial charge on any atom is -0.382 e. The van der Waals surface area contributed by atoms with Gasteiger partial charge >= 0.3 is 0 Å². The number of carbonyl (C=O) groups excluding carboxylic acids is 1. The topological polar surface area (TPSA) is 80.9 Å².